The minimum absolute atomic E-state index is 0. The number of anilines is 1. The minimum Gasteiger partial charge on any atom is -0.455 e. The van der Waals surface area contributed by atoms with Crippen molar-refractivity contribution in [1.29, 1.82) is 0 Å². The van der Waals surface area contributed by atoms with Crippen LogP contribution < -0.4 is 15.4 Å². The highest BCUT2D eigenvalue weighted by Crippen LogP contribution is 2.37. The summed E-state index contributed by atoms with van der Waals surface area (Å²) < 4.78 is 7.09. The van der Waals surface area contributed by atoms with Crippen molar-refractivity contribution in [2.75, 3.05) is 18.4 Å². The molecule has 0 atom stereocenters. The summed E-state index contributed by atoms with van der Waals surface area (Å²) in [5, 5.41) is 6.01. The SMILES string of the molecule is Cc1cc(NC(=S)NC(=O)Cc2ccccc2)ccc1Oc1ccnc2cc(C(=O)N3CCCC3)sc12.Cl. The Labute approximate surface area is 236 Å². The van der Waals surface area contributed by atoms with Crippen molar-refractivity contribution < 1.29 is 14.3 Å². The molecule has 0 aliphatic carbocycles. The second-order valence-electron chi connectivity index (χ2n) is 8.88. The summed E-state index contributed by atoms with van der Waals surface area (Å²) in [6.07, 6.45) is 4.05. The van der Waals surface area contributed by atoms with E-state index in [4.69, 9.17) is 17.0 Å². The van der Waals surface area contributed by atoms with Gasteiger partial charge >= 0.3 is 0 Å². The van der Waals surface area contributed by atoms with Crippen LogP contribution in [-0.2, 0) is 11.2 Å². The van der Waals surface area contributed by atoms with Gasteiger partial charge in [-0.25, -0.2) is 0 Å². The van der Waals surface area contributed by atoms with Crippen molar-refractivity contribution in [3.05, 3.63) is 82.9 Å². The van der Waals surface area contributed by atoms with Crippen LogP contribution in [0.2, 0.25) is 0 Å². The molecule has 4 aromatic rings. The van der Waals surface area contributed by atoms with Crippen LogP contribution in [0.25, 0.3) is 10.2 Å². The van der Waals surface area contributed by atoms with E-state index in [1.807, 2.05) is 72.5 Å². The van der Waals surface area contributed by atoms with Crippen LogP contribution in [0, 0.1) is 6.92 Å². The fourth-order valence-electron chi connectivity index (χ4n) is 4.25. The van der Waals surface area contributed by atoms with Crippen LogP contribution >= 0.6 is 36.0 Å². The molecular weight excluding hydrogens is 540 g/mol. The number of thiocarbonyl (C=S) groups is 1. The Morgan fingerprint density at radius 3 is 2.55 bits per heavy atom. The van der Waals surface area contributed by atoms with Crippen molar-refractivity contribution in [1.82, 2.24) is 15.2 Å². The predicted molar refractivity (Wildman–Crippen MR) is 158 cm³/mol. The van der Waals surface area contributed by atoms with E-state index in [1.165, 1.54) is 11.3 Å². The quantitative estimate of drug-likeness (QED) is 0.274. The van der Waals surface area contributed by atoms with E-state index >= 15 is 0 Å². The van der Waals surface area contributed by atoms with Gasteiger partial charge in [-0.15, -0.1) is 23.7 Å². The minimum atomic E-state index is -0.180. The van der Waals surface area contributed by atoms with Gasteiger partial charge in [0.1, 0.15) is 11.5 Å². The summed E-state index contributed by atoms with van der Waals surface area (Å²) >= 11 is 6.73. The van der Waals surface area contributed by atoms with Gasteiger partial charge < -0.3 is 20.3 Å². The predicted octanol–water partition coefficient (Wildman–Crippen LogP) is 6.11. The molecule has 10 heteroatoms. The van der Waals surface area contributed by atoms with Gasteiger partial charge in [0.15, 0.2) is 5.11 Å². The first-order chi connectivity index (χ1) is 18.0. The first-order valence-electron chi connectivity index (χ1n) is 12.1. The van der Waals surface area contributed by atoms with Crippen molar-refractivity contribution in [3.63, 3.8) is 0 Å². The molecule has 0 radical (unpaired) electrons. The van der Waals surface area contributed by atoms with Crippen molar-refractivity contribution in [2.24, 2.45) is 0 Å². The number of ether oxygens (including phenoxy) is 1. The van der Waals surface area contributed by atoms with E-state index in [1.54, 1.807) is 6.20 Å². The van der Waals surface area contributed by atoms with Crippen molar-refractivity contribution in [3.8, 4) is 11.5 Å². The fraction of sp³-hybridized carbons (Fsp3) is 0.214. The molecule has 2 aromatic carbocycles. The standard InChI is InChI=1S/C28H26N4O3S2.ClH/c1-18-15-20(30-28(36)31-25(33)16-19-7-3-2-4-8-19)9-10-22(18)35-23-11-12-29-21-17-24(37-26(21)23)27(34)32-13-5-6-14-32;/h2-4,7-12,15,17H,5-6,13-14,16H2,1H3,(H2,30,31,33,36);1H. The normalized spacial score (nSPS) is 12.6. The number of aromatic nitrogens is 1. The number of carbonyl (C=O) groups is 2. The molecule has 38 heavy (non-hydrogen) atoms. The number of thiophene rings is 1. The lowest BCUT2D eigenvalue weighted by atomic mass is 10.1. The number of aryl methyl sites for hydroxylation is 1. The molecule has 7 nitrogen and oxygen atoms in total. The van der Waals surface area contributed by atoms with Gasteiger partial charge in [0.25, 0.3) is 5.91 Å². The first kappa shape index (κ1) is 27.5. The average Bonchev–Trinajstić information content (AvgIpc) is 3.57. The third-order valence-electron chi connectivity index (χ3n) is 6.09. The molecule has 0 saturated carbocycles. The van der Waals surface area contributed by atoms with Crippen LogP contribution in [0.4, 0.5) is 5.69 Å². The maximum absolute atomic E-state index is 12.8. The Balaban J connectivity index is 0.00000336. The van der Waals surface area contributed by atoms with Gasteiger partial charge in [-0.3, -0.25) is 14.6 Å². The number of rotatable bonds is 6. The van der Waals surface area contributed by atoms with Crippen LogP contribution in [0.5, 0.6) is 11.5 Å². The molecule has 196 valence electrons. The highest BCUT2D eigenvalue weighted by molar-refractivity contribution is 7.80. The largest absolute Gasteiger partial charge is 0.455 e. The Morgan fingerprint density at radius 1 is 1.05 bits per heavy atom. The van der Waals surface area contributed by atoms with Crippen LogP contribution in [0.15, 0.2) is 66.9 Å². The fourth-order valence-corrected chi connectivity index (χ4v) is 5.52. The Kier molecular flexibility index (Phi) is 8.93. The molecule has 2 amide bonds. The van der Waals surface area contributed by atoms with E-state index < -0.39 is 0 Å². The summed E-state index contributed by atoms with van der Waals surface area (Å²) in [5.74, 6) is 1.21. The van der Waals surface area contributed by atoms with E-state index in [2.05, 4.69) is 15.6 Å². The summed E-state index contributed by atoms with van der Waals surface area (Å²) in [7, 11) is 0. The second-order valence-corrected chi connectivity index (χ2v) is 10.3. The van der Waals surface area contributed by atoms with Gasteiger partial charge in [0.2, 0.25) is 5.91 Å². The molecule has 1 aliphatic heterocycles. The lowest BCUT2D eigenvalue weighted by Crippen LogP contribution is -2.35. The van der Waals surface area contributed by atoms with E-state index in [0.29, 0.717) is 16.4 Å². The molecule has 2 N–H and O–H groups in total. The van der Waals surface area contributed by atoms with Gasteiger partial charge in [-0.1, -0.05) is 30.3 Å². The lowest BCUT2D eigenvalue weighted by Gasteiger charge is -2.13. The lowest BCUT2D eigenvalue weighted by molar-refractivity contribution is -0.119. The summed E-state index contributed by atoms with van der Waals surface area (Å²) in [6, 6.07) is 18.8. The molecule has 0 bridgehead atoms. The summed E-state index contributed by atoms with van der Waals surface area (Å²) in [4.78, 5) is 32.1. The van der Waals surface area contributed by atoms with Crippen LogP contribution in [-0.4, -0.2) is 39.9 Å². The number of carbonyl (C=O) groups excluding carboxylic acids is 2. The highest BCUT2D eigenvalue weighted by Gasteiger charge is 2.22. The molecular formula is C28H27ClN4O3S2. The third kappa shape index (κ3) is 6.48. The molecule has 1 saturated heterocycles. The number of benzene rings is 2. The second kappa shape index (κ2) is 12.3. The van der Waals surface area contributed by atoms with Crippen molar-refractivity contribution in [2.45, 2.75) is 26.2 Å². The number of nitrogens with one attached hydrogen (secondary N) is 2. The highest BCUT2D eigenvalue weighted by atomic mass is 35.5. The third-order valence-corrected chi connectivity index (χ3v) is 7.42. The van der Waals surface area contributed by atoms with Crippen LogP contribution in [0.3, 0.4) is 0 Å². The number of nitrogens with zero attached hydrogens (tertiary/aromatic N) is 2. The number of pyridine rings is 1. The maximum Gasteiger partial charge on any atom is 0.264 e. The number of hydrogen-bond donors (Lipinski definition) is 2. The molecule has 0 spiro atoms. The zero-order chi connectivity index (χ0) is 25.8. The summed E-state index contributed by atoms with van der Waals surface area (Å²) in [6.45, 7) is 3.56. The molecule has 1 aliphatic rings. The summed E-state index contributed by atoms with van der Waals surface area (Å²) in [5.41, 5.74) is 3.30. The molecule has 5 rings (SSSR count). The van der Waals surface area contributed by atoms with E-state index in [9.17, 15) is 9.59 Å². The Morgan fingerprint density at radius 2 is 1.82 bits per heavy atom. The van der Waals surface area contributed by atoms with Crippen molar-refractivity contribution >= 4 is 68.8 Å². The molecule has 0 unspecified atom stereocenters. The monoisotopic (exact) mass is 566 g/mol. The Bertz CT molecular complexity index is 1470. The van der Waals surface area contributed by atoms with E-state index in [0.717, 1.165) is 53.0 Å². The van der Waals surface area contributed by atoms with Gasteiger partial charge in [0.05, 0.1) is 21.5 Å². The smallest absolute Gasteiger partial charge is 0.264 e. The topological polar surface area (TPSA) is 83.6 Å². The first-order valence-corrected chi connectivity index (χ1v) is 13.3. The molecule has 3 heterocycles. The van der Waals surface area contributed by atoms with E-state index in [-0.39, 0.29) is 35.8 Å². The number of amides is 2. The molecule has 2 aromatic heterocycles. The van der Waals surface area contributed by atoms with Gasteiger partial charge in [-0.05, 0) is 67.4 Å². The maximum atomic E-state index is 12.8. The zero-order valence-electron chi connectivity index (χ0n) is 20.7. The van der Waals surface area contributed by atoms with Gasteiger partial charge in [0, 0.05) is 31.0 Å². The van der Waals surface area contributed by atoms with Gasteiger partial charge in [-0.2, -0.15) is 0 Å². The number of fused-ring (bicyclic) bond motifs is 1. The number of likely N-dealkylation sites (tertiary alicyclic amines) is 1. The Hall–Kier alpha value is -3.53. The average molecular weight is 567 g/mol. The zero-order valence-corrected chi connectivity index (χ0v) is 23.2. The number of hydrogen-bond acceptors (Lipinski definition) is 6. The van der Waals surface area contributed by atoms with Crippen LogP contribution in [0.1, 0.15) is 33.6 Å². The number of halogens is 1. The molecule has 1 fully saturated rings.